The van der Waals surface area contributed by atoms with E-state index >= 15 is 0 Å². The minimum atomic E-state index is -1.29. The molecule has 0 spiro atoms. The van der Waals surface area contributed by atoms with Gasteiger partial charge in [0.2, 0.25) is 0 Å². The van der Waals surface area contributed by atoms with Crippen LogP contribution in [0.5, 0.6) is 0 Å². The van der Waals surface area contributed by atoms with E-state index in [1.54, 1.807) is 43.3 Å². The van der Waals surface area contributed by atoms with E-state index in [2.05, 4.69) is 10.1 Å². The van der Waals surface area contributed by atoms with Crippen LogP contribution in [0.1, 0.15) is 28.4 Å². The van der Waals surface area contributed by atoms with Crippen LogP contribution >= 0.6 is 23.2 Å². The van der Waals surface area contributed by atoms with Crippen LogP contribution in [0, 0.1) is 0 Å². The van der Waals surface area contributed by atoms with Crippen molar-refractivity contribution in [2.75, 3.05) is 7.11 Å². The summed E-state index contributed by atoms with van der Waals surface area (Å²) in [6, 6.07) is 10.7. The van der Waals surface area contributed by atoms with Gasteiger partial charge in [-0.1, -0.05) is 41.4 Å². The maximum atomic E-state index is 13.0. The van der Waals surface area contributed by atoms with Crippen LogP contribution in [-0.4, -0.2) is 29.9 Å². The van der Waals surface area contributed by atoms with E-state index in [1.165, 1.54) is 13.2 Å². The molecule has 0 radical (unpaired) electrons. The zero-order valence-corrected chi connectivity index (χ0v) is 16.1. The van der Waals surface area contributed by atoms with Crippen molar-refractivity contribution in [1.82, 2.24) is 10.2 Å². The second-order valence-electron chi connectivity index (χ2n) is 6.26. The van der Waals surface area contributed by atoms with Crippen molar-refractivity contribution < 1.29 is 19.1 Å². The molecule has 1 aliphatic rings. The Hall–Kier alpha value is -2.57. The van der Waals surface area contributed by atoms with Gasteiger partial charge in [0.15, 0.2) is 0 Å². The molecule has 3 amide bonds. The summed E-state index contributed by atoms with van der Waals surface area (Å²) in [7, 11) is 1.30. The number of methoxy groups -OCH3 is 1. The Morgan fingerprint density at radius 3 is 2.41 bits per heavy atom. The summed E-state index contributed by atoms with van der Waals surface area (Å²) in [6.45, 7) is 1.66. The van der Waals surface area contributed by atoms with Gasteiger partial charge in [-0.2, -0.15) is 0 Å². The number of benzene rings is 2. The Balaban J connectivity index is 1.85. The molecule has 2 aromatic rings. The summed E-state index contributed by atoms with van der Waals surface area (Å²) in [6.07, 6.45) is 0. The monoisotopic (exact) mass is 406 g/mol. The SMILES string of the molecule is COC(=O)c1ccc(CN2C(=O)N[C@@](C)(c3ccc(Cl)cc3Cl)C2=O)cc1. The molecule has 0 saturated carbocycles. The Bertz CT molecular complexity index is 930. The maximum absolute atomic E-state index is 13.0. The van der Waals surface area contributed by atoms with Crippen molar-refractivity contribution in [2.45, 2.75) is 19.0 Å². The molecule has 1 atom stereocenters. The lowest BCUT2D eigenvalue weighted by Gasteiger charge is -2.23. The molecule has 0 aliphatic carbocycles. The maximum Gasteiger partial charge on any atom is 0.337 e. The largest absolute Gasteiger partial charge is 0.465 e. The molecule has 3 rings (SSSR count). The molecule has 140 valence electrons. The van der Waals surface area contributed by atoms with Gasteiger partial charge in [-0.15, -0.1) is 0 Å². The number of urea groups is 1. The molecule has 0 bridgehead atoms. The highest BCUT2D eigenvalue weighted by Crippen LogP contribution is 2.35. The lowest BCUT2D eigenvalue weighted by atomic mass is 9.92. The lowest BCUT2D eigenvalue weighted by Crippen LogP contribution is -2.41. The van der Waals surface area contributed by atoms with Crippen LogP contribution in [-0.2, 0) is 21.6 Å². The van der Waals surface area contributed by atoms with Gasteiger partial charge in [0.1, 0.15) is 5.54 Å². The number of nitrogens with one attached hydrogen (secondary N) is 1. The molecule has 0 aromatic heterocycles. The standard InChI is InChI=1S/C19H16Cl2N2O4/c1-19(14-8-7-13(20)9-15(14)21)17(25)23(18(26)22-19)10-11-3-5-12(6-4-11)16(24)27-2/h3-9H,10H2,1-2H3,(H,22,26)/t19-/m0/s1. The smallest absolute Gasteiger partial charge is 0.337 e. The van der Waals surface area contributed by atoms with Gasteiger partial charge in [0.05, 0.1) is 19.2 Å². The topological polar surface area (TPSA) is 75.7 Å². The van der Waals surface area contributed by atoms with E-state index < -0.39 is 23.4 Å². The Labute approximate surface area is 166 Å². The molecule has 1 heterocycles. The first-order valence-corrected chi connectivity index (χ1v) is 8.79. The molecule has 0 unspecified atom stereocenters. The summed E-state index contributed by atoms with van der Waals surface area (Å²) < 4.78 is 4.65. The van der Waals surface area contributed by atoms with Crippen LogP contribution in [0.25, 0.3) is 0 Å². The fourth-order valence-electron chi connectivity index (χ4n) is 2.96. The lowest BCUT2D eigenvalue weighted by molar-refractivity contribution is -0.131. The number of imide groups is 1. The van der Waals surface area contributed by atoms with Gasteiger partial charge in [-0.05, 0) is 36.8 Å². The molecule has 1 saturated heterocycles. The van der Waals surface area contributed by atoms with E-state index in [0.29, 0.717) is 26.7 Å². The number of hydrogen-bond donors (Lipinski definition) is 1. The minimum absolute atomic E-state index is 0.0624. The Morgan fingerprint density at radius 2 is 1.81 bits per heavy atom. The van der Waals surface area contributed by atoms with E-state index in [4.69, 9.17) is 23.2 Å². The van der Waals surface area contributed by atoms with Gasteiger partial charge in [0.25, 0.3) is 5.91 Å². The third-order valence-corrected chi connectivity index (χ3v) is 5.01. The van der Waals surface area contributed by atoms with Crippen molar-refractivity contribution in [2.24, 2.45) is 0 Å². The van der Waals surface area contributed by atoms with Crippen molar-refractivity contribution in [3.63, 3.8) is 0 Å². The van der Waals surface area contributed by atoms with Gasteiger partial charge >= 0.3 is 12.0 Å². The Kier molecular flexibility index (Phi) is 5.13. The number of carbonyl (C=O) groups excluding carboxylic acids is 3. The highest BCUT2D eigenvalue weighted by molar-refractivity contribution is 6.35. The number of halogens is 2. The molecular formula is C19H16Cl2N2O4. The molecule has 1 N–H and O–H groups in total. The highest BCUT2D eigenvalue weighted by Gasteiger charge is 2.49. The third kappa shape index (κ3) is 3.50. The molecule has 6 nitrogen and oxygen atoms in total. The van der Waals surface area contributed by atoms with Crippen LogP contribution < -0.4 is 5.32 Å². The van der Waals surface area contributed by atoms with Crippen molar-refractivity contribution in [3.8, 4) is 0 Å². The van der Waals surface area contributed by atoms with E-state index in [-0.39, 0.29) is 6.54 Å². The number of rotatable bonds is 4. The van der Waals surface area contributed by atoms with E-state index in [0.717, 1.165) is 4.90 Å². The predicted molar refractivity (Wildman–Crippen MR) is 101 cm³/mol. The second-order valence-corrected chi connectivity index (χ2v) is 7.10. The summed E-state index contributed by atoms with van der Waals surface area (Å²) >= 11 is 12.1. The van der Waals surface area contributed by atoms with Crippen molar-refractivity contribution in [1.29, 1.82) is 0 Å². The molecular weight excluding hydrogens is 391 g/mol. The average Bonchev–Trinajstić information content (AvgIpc) is 2.85. The van der Waals surface area contributed by atoms with Crippen LogP contribution in [0.15, 0.2) is 42.5 Å². The van der Waals surface area contributed by atoms with Crippen LogP contribution in [0.3, 0.4) is 0 Å². The predicted octanol–water partition coefficient (Wildman–Crippen LogP) is 3.75. The van der Waals surface area contributed by atoms with E-state index in [1.807, 2.05) is 0 Å². The second kappa shape index (κ2) is 7.21. The Morgan fingerprint density at radius 1 is 1.15 bits per heavy atom. The van der Waals surface area contributed by atoms with Crippen LogP contribution in [0.4, 0.5) is 4.79 Å². The molecule has 27 heavy (non-hydrogen) atoms. The van der Waals surface area contributed by atoms with Crippen molar-refractivity contribution in [3.05, 3.63) is 69.2 Å². The zero-order chi connectivity index (χ0) is 19.8. The average molecular weight is 407 g/mol. The zero-order valence-electron chi connectivity index (χ0n) is 14.6. The molecule has 1 aliphatic heterocycles. The normalized spacial score (nSPS) is 19.2. The van der Waals surface area contributed by atoms with Crippen LogP contribution in [0.2, 0.25) is 10.0 Å². The number of nitrogens with zero attached hydrogens (tertiary/aromatic N) is 1. The quantitative estimate of drug-likeness (QED) is 0.619. The number of carbonyl (C=O) groups is 3. The molecule has 1 fully saturated rings. The van der Waals surface area contributed by atoms with Gasteiger partial charge in [-0.3, -0.25) is 9.69 Å². The first kappa shape index (κ1) is 19.2. The highest BCUT2D eigenvalue weighted by atomic mass is 35.5. The number of hydrogen-bond acceptors (Lipinski definition) is 4. The minimum Gasteiger partial charge on any atom is -0.465 e. The summed E-state index contributed by atoms with van der Waals surface area (Å²) in [5.74, 6) is -0.879. The first-order chi connectivity index (χ1) is 12.8. The van der Waals surface area contributed by atoms with Gasteiger partial charge in [0, 0.05) is 15.6 Å². The summed E-state index contributed by atoms with van der Waals surface area (Å²) in [4.78, 5) is 38.0. The van der Waals surface area contributed by atoms with E-state index in [9.17, 15) is 14.4 Å². The fraction of sp³-hybridized carbons (Fsp3) is 0.211. The molecule has 2 aromatic carbocycles. The first-order valence-electron chi connectivity index (χ1n) is 8.03. The molecule has 8 heteroatoms. The summed E-state index contributed by atoms with van der Waals surface area (Å²) in [5, 5.41) is 3.43. The number of ether oxygens (including phenoxy) is 1. The van der Waals surface area contributed by atoms with Gasteiger partial charge in [-0.25, -0.2) is 9.59 Å². The summed E-state index contributed by atoms with van der Waals surface area (Å²) in [5.41, 5.74) is 0.259. The van der Waals surface area contributed by atoms with Crippen molar-refractivity contribution >= 4 is 41.1 Å². The number of esters is 1. The van der Waals surface area contributed by atoms with Gasteiger partial charge < -0.3 is 10.1 Å². The third-order valence-electron chi connectivity index (χ3n) is 4.46. The fourth-order valence-corrected chi connectivity index (χ4v) is 3.56. The number of amides is 3.